The smallest absolute Gasteiger partial charge is 0.223 e. The SMILES string of the molecule is Cc1c(CCC(=O)N2CCC(O)(CN3CCOCC3)C2)cnn1C. The highest BCUT2D eigenvalue weighted by atomic mass is 16.5. The van der Waals surface area contributed by atoms with Gasteiger partial charge in [-0.25, -0.2) is 0 Å². The number of carbonyl (C=O) groups excluding carboxylic acids is 1. The molecule has 0 aliphatic carbocycles. The summed E-state index contributed by atoms with van der Waals surface area (Å²) < 4.78 is 7.18. The number of nitrogens with zero attached hydrogens (tertiary/aromatic N) is 4. The average molecular weight is 336 g/mol. The summed E-state index contributed by atoms with van der Waals surface area (Å²) in [6.45, 7) is 6.89. The molecule has 2 aliphatic rings. The Hall–Kier alpha value is -1.44. The third-order valence-corrected chi connectivity index (χ3v) is 5.25. The second-order valence-electron chi connectivity index (χ2n) is 7.06. The van der Waals surface area contributed by atoms with Crippen molar-refractivity contribution in [3.63, 3.8) is 0 Å². The first kappa shape index (κ1) is 17.4. The van der Waals surface area contributed by atoms with E-state index in [1.807, 2.05) is 29.7 Å². The van der Waals surface area contributed by atoms with Crippen molar-refractivity contribution in [2.24, 2.45) is 7.05 Å². The molecule has 0 bridgehead atoms. The van der Waals surface area contributed by atoms with Crippen molar-refractivity contribution in [3.8, 4) is 0 Å². The third kappa shape index (κ3) is 3.96. The maximum atomic E-state index is 12.5. The predicted octanol–water partition coefficient (Wildman–Crippen LogP) is -0.0433. The molecule has 0 saturated carbocycles. The van der Waals surface area contributed by atoms with Gasteiger partial charge >= 0.3 is 0 Å². The number of aromatic nitrogens is 2. The maximum absolute atomic E-state index is 12.5. The molecule has 2 fully saturated rings. The molecule has 7 nitrogen and oxygen atoms in total. The average Bonchev–Trinajstić information content (AvgIpc) is 3.10. The lowest BCUT2D eigenvalue weighted by Gasteiger charge is -2.33. The van der Waals surface area contributed by atoms with Gasteiger partial charge in [0.25, 0.3) is 0 Å². The minimum absolute atomic E-state index is 0.121. The van der Waals surface area contributed by atoms with E-state index in [9.17, 15) is 9.90 Å². The molecule has 1 aromatic rings. The van der Waals surface area contributed by atoms with Gasteiger partial charge in [-0.15, -0.1) is 0 Å². The first-order chi connectivity index (χ1) is 11.5. The van der Waals surface area contributed by atoms with Gasteiger partial charge in [-0.3, -0.25) is 14.4 Å². The van der Waals surface area contributed by atoms with Gasteiger partial charge in [0.1, 0.15) is 0 Å². The Morgan fingerprint density at radius 1 is 1.38 bits per heavy atom. The zero-order valence-corrected chi connectivity index (χ0v) is 14.7. The van der Waals surface area contributed by atoms with Crippen LogP contribution in [0.4, 0.5) is 0 Å². The van der Waals surface area contributed by atoms with E-state index in [0.29, 0.717) is 38.9 Å². The van der Waals surface area contributed by atoms with E-state index >= 15 is 0 Å². The van der Waals surface area contributed by atoms with E-state index in [1.165, 1.54) is 0 Å². The lowest BCUT2D eigenvalue weighted by atomic mass is 10.0. The first-order valence-electron chi connectivity index (χ1n) is 8.75. The fourth-order valence-corrected chi connectivity index (χ4v) is 3.56. The lowest BCUT2D eigenvalue weighted by Crippen LogP contribution is -2.49. The number of hydrogen-bond donors (Lipinski definition) is 1. The van der Waals surface area contributed by atoms with Crippen molar-refractivity contribution >= 4 is 5.91 Å². The summed E-state index contributed by atoms with van der Waals surface area (Å²) in [5.74, 6) is 0.121. The standard InChI is InChI=1S/C17H28N4O3/c1-14-15(11-18-19(14)2)3-4-16(22)21-6-5-17(23,13-21)12-20-7-9-24-10-8-20/h11,23H,3-10,12-13H2,1-2H3. The Balaban J connectivity index is 1.49. The molecule has 1 amide bonds. The minimum atomic E-state index is -0.781. The van der Waals surface area contributed by atoms with E-state index < -0.39 is 5.60 Å². The van der Waals surface area contributed by atoms with Crippen LogP contribution in [0.2, 0.25) is 0 Å². The van der Waals surface area contributed by atoms with E-state index in [1.54, 1.807) is 0 Å². The number of amides is 1. The summed E-state index contributed by atoms with van der Waals surface area (Å²) in [5, 5.41) is 15.0. The van der Waals surface area contributed by atoms with Gasteiger partial charge in [0.15, 0.2) is 0 Å². The van der Waals surface area contributed by atoms with Crippen molar-refractivity contribution in [2.45, 2.75) is 31.8 Å². The van der Waals surface area contributed by atoms with Crippen LogP contribution in [-0.4, -0.2) is 82.1 Å². The Bertz CT molecular complexity index is 582. The number of aliphatic hydroxyl groups is 1. The number of rotatable bonds is 5. The highest BCUT2D eigenvalue weighted by molar-refractivity contribution is 5.77. The van der Waals surface area contributed by atoms with Crippen LogP contribution in [0, 0.1) is 6.92 Å². The molecule has 1 aromatic heterocycles. The Morgan fingerprint density at radius 2 is 2.12 bits per heavy atom. The second-order valence-corrected chi connectivity index (χ2v) is 7.06. The topological polar surface area (TPSA) is 70.8 Å². The van der Waals surface area contributed by atoms with Gasteiger partial charge < -0.3 is 14.7 Å². The zero-order chi connectivity index (χ0) is 17.2. The summed E-state index contributed by atoms with van der Waals surface area (Å²) in [5.41, 5.74) is 1.44. The molecule has 134 valence electrons. The molecular formula is C17H28N4O3. The van der Waals surface area contributed by atoms with E-state index in [2.05, 4.69) is 10.00 Å². The summed E-state index contributed by atoms with van der Waals surface area (Å²) >= 11 is 0. The van der Waals surface area contributed by atoms with Gasteiger partial charge in [0.05, 0.1) is 31.6 Å². The largest absolute Gasteiger partial charge is 0.387 e. The van der Waals surface area contributed by atoms with Crippen LogP contribution < -0.4 is 0 Å². The highest BCUT2D eigenvalue weighted by Crippen LogP contribution is 2.24. The van der Waals surface area contributed by atoms with Crippen LogP contribution in [0.15, 0.2) is 6.20 Å². The quantitative estimate of drug-likeness (QED) is 0.817. The second kappa shape index (κ2) is 7.21. The maximum Gasteiger partial charge on any atom is 0.223 e. The Morgan fingerprint density at radius 3 is 2.79 bits per heavy atom. The molecule has 1 atom stereocenters. The van der Waals surface area contributed by atoms with Crippen LogP contribution in [0.25, 0.3) is 0 Å². The summed E-state index contributed by atoms with van der Waals surface area (Å²) in [6.07, 6.45) is 3.67. The van der Waals surface area contributed by atoms with Crippen LogP contribution in [0.5, 0.6) is 0 Å². The number of hydrogen-bond acceptors (Lipinski definition) is 5. The molecular weight excluding hydrogens is 308 g/mol. The van der Waals surface area contributed by atoms with Crippen LogP contribution in [0.3, 0.4) is 0 Å². The molecule has 0 spiro atoms. The van der Waals surface area contributed by atoms with Crippen molar-refractivity contribution in [1.82, 2.24) is 19.6 Å². The molecule has 0 radical (unpaired) electrons. The fourth-order valence-electron chi connectivity index (χ4n) is 3.56. The first-order valence-corrected chi connectivity index (χ1v) is 8.75. The van der Waals surface area contributed by atoms with Crippen molar-refractivity contribution in [3.05, 3.63) is 17.5 Å². The molecule has 3 rings (SSSR count). The van der Waals surface area contributed by atoms with Gasteiger partial charge in [0.2, 0.25) is 5.91 Å². The van der Waals surface area contributed by atoms with Crippen LogP contribution in [-0.2, 0) is 23.0 Å². The number of ether oxygens (including phenoxy) is 1. The Labute approximate surface area is 143 Å². The highest BCUT2D eigenvalue weighted by Gasteiger charge is 2.39. The summed E-state index contributed by atoms with van der Waals surface area (Å²) in [7, 11) is 1.91. The van der Waals surface area contributed by atoms with Crippen LogP contribution >= 0.6 is 0 Å². The van der Waals surface area contributed by atoms with E-state index in [0.717, 1.165) is 37.6 Å². The van der Waals surface area contributed by atoms with E-state index in [4.69, 9.17) is 4.74 Å². The van der Waals surface area contributed by atoms with Gasteiger partial charge in [0, 0.05) is 45.3 Å². The third-order valence-electron chi connectivity index (χ3n) is 5.25. The molecule has 1 unspecified atom stereocenters. The minimum Gasteiger partial charge on any atom is -0.387 e. The summed E-state index contributed by atoms with van der Waals surface area (Å²) in [6, 6.07) is 0. The molecule has 3 heterocycles. The predicted molar refractivity (Wildman–Crippen MR) is 89.7 cm³/mol. The number of likely N-dealkylation sites (tertiary alicyclic amines) is 1. The van der Waals surface area contributed by atoms with Crippen molar-refractivity contribution in [1.29, 1.82) is 0 Å². The normalized spacial score (nSPS) is 25.4. The molecule has 2 saturated heterocycles. The lowest BCUT2D eigenvalue weighted by molar-refractivity contribution is -0.131. The van der Waals surface area contributed by atoms with Gasteiger partial charge in [-0.05, 0) is 25.3 Å². The van der Waals surface area contributed by atoms with Crippen molar-refractivity contribution in [2.75, 3.05) is 45.9 Å². The van der Waals surface area contributed by atoms with Crippen LogP contribution in [0.1, 0.15) is 24.1 Å². The molecule has 1 N–H and O–H groups in total. The van der Waals surface area contributed by atoms with Gasteiger partial charge in [-0.1, -0.05) is 0 Å². The number of carbonyl (C=O) groups is 1. The number of morpholine rings is 1. The zero-order valence-electron chi connectivity index (χ0n) is 14.7. The summed E-state index contributed by atoms with van der Waals surface area (Å²) in [4.78, 5) is 16.5. The molecule has 0 aromatic carbocycles. The molecule has 7 heteroatoms. The van der Waals surface area contributed by atoms with E-state index in [-0.39, 0.29) is 5.91 Å². The molecule has 24 heavy (non-hydrogen) atoms. The Kier molecular flexibility index (Phi) is 5.22. The number of aryl methyl sites for hydroxylation is 2. The van der Waals surface area contributed by atoms with Crippen molar-refractivity contribution < 1.29 is 14.6 Å². The molecule has 2 aliphatic heterocycles. The fraction of sp³-hybridized carbons (Fsp3) is 0.765. The number of β-amino-alcohol motifs (C(OH)–C–C–N with tert-alkyl or cyclic N) is 1. The monoisotopic (exact) mass is 336 g/mol. The van der Waals surface area contributed by atoms with Gasteiger partial charge in [-0.2, -0.15) is 5.10 Å².